The van der Waals surface area contributed by atoms with E-state index in [1.165, 1.54) is 28.4 Å². The molecule has 0 radical (unpaired) electrons. The van der Waals surface area contributed by atoms with Gasteiger partial charge in [0.2, 0.25) is 5.91 Å². The fourth-order valence-electron chi connectivity index (χ4n) is 5.20. The maximum absolute atomic E-state index is 13.7. The van der Waals surface area contributed by atoms with Crippen molar-refractivity contribution in [1.29, 1.82) is 0 Å². The lowest BCUT2D eigenvalue weighted by atomic mass is 9.82. The molecule has 0 aliphatic carbocycles. The number of aryl methyl sites for hydroxylation is 1. The predicted octanol–water partition coefficient (Wildman–Crippen LogP) is 4.71. The zero-order valence-corrected chi connectivity index (χ0v) is 26.9. The van der Waals surface area contributed by atoms with E-state index in [-0.39, 0.29) is 32.6 Å². The average Bonchev–Trinajstić information content (AvgIpc) is 3.35. The number of benzene rings is 1. The molecule has 3 aliphatic heterocycles. The molecule has 13 heteroatoms. The van der Waals surface area contributed by atoms with E-state index in [9.17, 15) is 24.0 Å². The molecule has 1 spiro atoms. The highest BCUT2D eigenvalue weighted by Crippen LogP contribution is 2.71. The largest absolute Gasteiger partial charge is 0.466 e. The summed E-state index contributed by atoms with van der Waals surface area (Å²) in [6, 6.07) is 5.63. The van der Waals surface area contributed by atoms with Gasteiger partial charge in [-0.2, -0.15) is 0 Å². The number of esters is 4. The van der Waals surface area contributed by atoms with Gasteiger partial charge in [-0.1, -0.05) is 53.8 Å². The van der Waals surface area contributed by atoms with E-state index in [1.54, 1.807) is 4.90 Å². The first-order valence-electron chi connectivity index (χ1n) is 12.9. The first-order chi connectivity index (χ1) is 19.8. The van der Waals surface area contributed by atoms with Crippen LogP contribution in [-0.2, 0) is 42.9 Å². The Morgan fingerprint density at radius 1 is 0.810 bits per heavy atom. The quantitative estimate of drug-likeness (QED) is 0.318. The Balaban J connectivity index is 2.17. The van der Waals surface area contributed by atoms with Crippen LogP contribution in [0.2, 0.25) is 0 Å². The third-order valence-electron chi connectivity index (χ3n) is 7.01. The molecule has 0 saturated carbocycles. The van der Waals surface area contributed by atoms with Gasteiger partial charge in [-0.15, -0.1) is 0 Å². The smallest absolute Gasteiger partial charge is 0.345 e. The normalized spacial score (nSPS) is 18.4. The number of amides is 1. The molecule has 224 valence electrons. The van der Waals surface area contributed by atoms with Crippen molar-refractivity contribution < 1.29 is 42.9 Å². The number of anilines is 1. The molecule has 3 aliphatic rings. The molecular formula is C29H31NO9S3. The zero-order valence-electron chi connectivity index (χ0n) is 24.5. The number of rotatable bonds is 6. The molecule has 0 fully saturated rings. The summed E-state index contributed by atoms with van der Waals surface area (Å²) in [5, 5.41) is 0. The van der Waals surface area contributed by atoms with E-state index >= 15 is 0 Å². The van der Waals surface area contributed by atoms with E-state index < -0.39 is 33.5 Å². The Hall–Kier alpha value is -3.16. The minimum absolute atomic E-state index is 0.0782. The van der Waals surface area contributed by atoms with Crippen LogP contribution < -0.4 is 4.90 Å². The number of ether oxygens (including phenoxy) is 4. The van der Waals surface area contributed by atoms with Crippen LogP contribution in [0.3, 0.4) is 0 Å². The maximum Gasteiger partial charge on any atom is 0.345 e. The third kappa shape index (κ3) is 4.84. The van der Waals surface area contributed by atoms with Crippen LogP contribution in [0.5, 0.6) is 0 Å². The Morgan fingerprint density at radius 3 is 1.83 bits per heavy atom. The van der Waals surface area contributed by atoms with Gasteiger partial charge in [0, 0.05) is 22.5 Å². The first kappa shape index (κ1) is 31.8. The van der Waals surface area contributed by atoms with Crippen molar-refractivity contribution in [2.45, 2.75) is 50.2 Å². The molecule has 0 saturated heterocycles. The van der Waals surface area contributed by atoms with Crippen molar-refractivity contribution in [2.75, 3.05) is 33.3 Å². The van der Waals surface area contributed by atoms with Gasteiger partial charge in [0.25, 0.3) is 0 Å². The highest BCUT2D eigenvalue weighted by atomic mass is 32.2. The van der Waals surface area contributed by atoms with Crippen LogP contribution in [0.4, 0.5) is 5.69 Å². The third-order valence-corrected chi connectivity index (χ3v) is 11.7. The molecule has 42 heavy (non-hydrogen) atoms. The summed E-state index contributed by atoms with van der Waals surface area (Å²) in [6.45, 7) is 7.53. The Morgan fingerprint density at radius 2 is 1.33 bits per heavy atom. The molecule has 3 heterocycles. The lowest BCUT2D eigenvalue weighted by Crippen LogP contribution is -2.53. The molecule has 1 aromatic rings. The number of carbonyl (C=O) groups excluding carboxylic acids is 5. The number of hydrogen-bond donors (Lipinski definition) is 0. The van der Waals surface area contributed by atoms with Crippen molar-refractivity contribution in [2.24, 2.45) is 0 Å². The maximum atomic E-state index is 13.7. The minimum Gasteiger partial charge on any atom is -0.466 e. The van der Waals surface area contributed by atoms with Crippen LogP contribution in [-0.4, -0.2) is 67.8 Å². The van der Waals surface area contributed by atoms with E-state index in [2.05, 4.69) is 0 Å². The van der Waals surface area contributed by atoms with Crippen LogP contribution in [0, 0.1) is 6.92 Å². The lowest BCUT2D eigenvalue weighted by Gasteiger charge is -2.51. The fourth-order valence-corrected chi connectivity index (χ4v) is 10.3. The second-order valence-electron chi connectivity index (χ2n) is 10.0. The summed E-state index contributed by atoms with van der Waals surface area (Å²) >= 11 is 2.83. The van der Waals surface area contributed by atoms with Gasteiger partial charge in [-0.3, -0.25) is 4.79 Å². The molecule has 0 bridgehead atoms. The van der Waals surface area contributed by atoms with Gasteiger partial charge in [-0.25, -0.2) is 19.2 Å². The highest BCUT2D eigenvalue weighted by Gasteiger charge is 2.61. The summed E-state index contributed by atoms with van der Waals surface area (Å²) < 4.78 is 18.7. The minimum atomic E-state index is -1.59. The van der Waals surface area contributed by atoms with Crippen molar-refractivity contribution in [1.82, 2.24) is 0 Å². The molecule has 4 rings (SSSR count). The lowest BCUT2D eigenvalue weighted by molar-refractivity contribution is -0.138. The van der Waals surface area contributed by atoms with Crippen LogP contribution >= 0.6 is 35.3 Å². The van der Waals surface area contributed by atoms with Gasteiger partial charge in [-0.05, 0) is 39.3 Å². The van der Waals surface area contributed by atoms with Gasteiger partial charge in [0.15, 0.2) is 0 Å². The monoisotopic (exact) mass is 633 g/mol. The SMILES string of the molecule is CCCC(=O)N1c2ccc(C)cc2C2=C(SC(C(=O)OC)=C(C(=O)OC)C23SC(C(=O)OC)=C(C(=O)OC)S3)C1(C)C. The number of thioether (sulfide) groups is 3. The van der Waals surface area contributed by atoms with Crippen molar-refractivity contribution in [3.8, 4) is 0 Å². The van der Waals surface area contributed by atoms with Crippen molar-refractivity contribution in [3.05, 3.63) is 54.5 Å². The van der Waals surface area contributed by atoms with Crippen LogP contribution in [0.25, 0.3) is 5.57 Å². The Kier molecular flexibility index (Phi) is 8.96. The fraction of sp³-hybridized carbons (Fsp3) is 0.414. The highest BCUT2D eigenvalue weighted by molar-refractivity contribution is 8.26. The predicted molar refractivity (Wildman–Crippen MR) is 162 cm³/mol. The standard InChI is InChI=1S/C29H31NO9S3/c1-9-10-17(31)30-16-12-11-14(2)13-15(16)18-23(28(30,3)4)40-20(25(33)37-6)19(24(32)36-5)29(18)41-21(26(34)38-7)22(42-29)27(35)39-8/h11-13H,9-10H2,1-8H3. The van der Waals surface area contributed by atoms with E-state index in [0.717, 1.165) is 40.8 Å². The summed E-state index contributed by atoms with van der Waals surface area (Å²) in [4.78, 5) is 68.9. The van der Waals surface area contributed by atoms with Crippen molar-refractivity contribution >= 4 is 76.3 Å². The first-order valence-corrected chi connectivity index (χ1v) is 15.4. The summed E-state index contributed by atoms with van der Waals surface area (Å²) in [7, 11) is 4.73. The van der Waals surface area contributed by atoms with Gasteiger partial charge in [0.05, 0.1) is 45.2 Å². The molecule has 0 N–H and O–H groups in total. The van der Waals surface area contributed by atoms with Gasteiger partial charge >= 0.3 is 23.9 Å². The number of hydrogen-bond acceptors (Lipinski definition) is 12. The number of carbonyl (C=O) groups is 5. The van der Waals surface area contributed by atoms with Gasteiger partial charge in [0.1, 0.15) is 18.8 Å². The average molecular weight is 634 g/mol. The molecule has 0 atom stereocenters. The summed E-state index contributed by atoms with van der Waals surface area (Å²) in [5.74, 6) is -3.40. The molecule has 1 amide bonds. The Labute approximate surface area is 256 Å². The number of fused-ring (bicyclic) bond motifs is 3. The number of methoxy groups -OCH3 is 4. The summed E-state index contributed by atoms with van der Waals surface area (Å²) in [5.41, 5.74) is 1.51. The molecule has 1 aromatic carbocycles. The Bertz CT molecular complexity index is 1480. The van der Waals surface area contributed by atoms with Crippen LogP contribution in [0.15, 0.2) is 43.4 Å². The van der Waals surface area contributed by atoms with Crippen molar-refractivity contribution in [3.63, 3.8) is 0 Å². The molecule has 0 unspecified atom stereocenters. The number of nitrogens with zero attached hydrogens (tertiary/aromatic N) is 1. The second-order valence-corrected chi connectivity index (χ2v) is 13.7. The molecular weight excluding hydrogens is 603 g/mol. The van der Waals surface area contributed by atoms with E-state index in [4.69, 9.17) is 18.9 Å². The molecule has 10 nitrogen and oxygen atoms in total. The van der Waals surface area contributed by atoms with Crippen LogP contribution in [0.1, 0.15) is 44.7 Å². The van der Waals surface area contributed by atoms with E-state index in [0.29, 0.717) is 28.1 Å². The van der Waals surface area contributed by atoms with Gasteiger partial charge < -0.3 is 23.8 Å². The zero-order chi connectivity index (χ0) is 31.1. The summed E-state index contributed by atoms with van der Waals surface area (Å²) in [6.07, 6.45) is 0.905. The topological polar surface area (TPSA) is 126 Å². The molecule has 0 aromatic heterocycles. The second kappa shape index (κ2) is 11.8. The van der Waals surface area contributed by atoms with E-state index in [1.807, 2.05) is 45.9 Å².